The molecule has 130 valence electrons. The van der Waals surface area contributed by atoms with Crippen LogP contribution in [0.25, 0.3) is 0 Å². The molecule has 0 bridgehead atoms. The number of hydrogen-bond acceptors (Lipinski definition) is 1. The number of rotatable bonds is 6. The molecule has 0 spiro atoms. The molecular weight excluding hydrogens is 302 g/mol. The Labute approximate surface area is 152 Å². The molecule has 0 aromatic heterocycles. The molecule has 0 N–H and O–H groups in total. The van der Waals surface area contributed by atoms with Gasteiger partial charge in [0.15, 0.2) is 0 Å². The average Bonchev–Trinajstić information content (AvgIpc) is 2.70. The minimum absolute atomic E-state index is 0.406. The quantitative estimate of drug-likeness (QED) is 0.542. The highest BCUT2D eigenvalue weighted by Gasteiger charge is 2.17. The Balaban J connectivity index is 1.74. The number of allylic oxidation sites excluding steroid dienone is 2. The molecule has 1 aliphatic carbocycles. The second kappa shape index (κ2) is 9.36. The van der Waals surface area contributed by atoms with Crippen molar-refractivity contribution in [2.75, 3.05) is 7.05 Å². The highest BCUT2D eigenvalue weighted by atomic mass is 14.7. The van der Waals surface area contributed by atoms with Gasteiger partial charge >= 0.3 is 0 Å². The van der Waals surface area contributed by atoms with Crippen molar-refractivity contribution in [1.29, 1.82) is 0 Å². The van der Waals surface area contributed by atoms with E-state index in [-0.39, 0.29) is 0 Å². The molecule has 0 radical (unpaired) electrons. The van der Waals surface area contributed by atoms with Gasteiger partial charge in [-0.25, -0.2) is 0 Å². The van der Waals surface area contributed by atoms with E-state index in [0.717, 1.165) is 6.42 Å². The van der Waals surface area contributed by atoms with Crippen molar-refractivity contribution in [3.05, 3.63) is 83.9 Å². The Morgan fingerprint density at radius 1 is 0.920 bits per heavy atom. The van der Waals surface area contributed by atoms with Gasteiger partial charge in [-0.3, -0.25) is 4.99 Å². The van der Waals surface area contributed by atoms with Crippen LogP contribution in [0, 0.1) is 5.92 Å². The van der Waals surface area contributed by atoms with Crippen LogP contribution >= 0.6 is 0 Å². The Morgan fingerprint density at radius 3 is 2.00 bits per heavy atom. The zero-order valence-corrected chi connectivity index (χ0v) is 15.3. The molecular formula is C24H29N. The van der Waals surface area contributed by atoms with Gasteiger partial charge in [-0.2, -0.15) is 0 Å². The molecule has 1 saturated carbocycles. The topological polar surface area (TPSA) is 12.4 Å². The fourth-order valence-electron chi connectivity index (χ4n) is 3.95. The summed E-state index contributed by atoms with van der Waals surface area (Å²) >= 11 is 0. The summed E-state index contributed by atoms with van der Waals surface area (Å²) in [5.74, 6) is 1.07. The van der Waals surface area contributed by atoms with Crippen LogP contribution in [0.1, 0.15) is 55.6 Å². The Hall–Kier alpha value is -2.15. The first-order valence-corrected chi connectivity index (χ1v) is 9.61. The third-order valence-corrected chi connectivity index (χ3v) is 5.35. The van der Waals surface area contributed by atoms with Crippen molar-refractivity contribution in [2.45, 2.75) is 44.4 Å². The molecule has 1 aliphatic rings. The SMILES string of the molecule is CN=C(/C=C\CC(c1ccccc1)c1ccccc1)C1CCCCC1. The molecule has 0 saturated heterocycles. The molecule has 0 unspecified atom stereocenters. The van der Waals surface area contributed by atoms with Crippen molar-refractivity contribution >= 4 is 5.71 Å². The van der Waals surface area contributed by atoms with Crippen LogP contribution < -0.4 is 0 Å². The van der Waals surface area contributed by atoms with E-state index in [4.69, 9.17) is 0 Å². The van der Waals surface area contributed by atoms with Crippen molar-refractivity contribution in [2.24, 2.45) is 10.9 Å². The van der Waals surface area contributed by atoms with Gasteiger partial charge in [-0.1, -0.05) is 86.0 Å². The van der Waals surface area contributed by atoms with Gasteiger partial charge in [0.25, 0.3) is 0 Å². The predicted octanol–water partition coefficient (Wildman–Crippen LogP) is 6.42. The van der Waals surface area contributed by atoms with Crippen LogP contribution in [-0.2, 0) is 0 Å². The smallest absolute Gasteiger partial charge is 0.0372 e. The molecule has 3 rings (SSSR count). The van der Waals surface area contributed by atoms with E-state index in [0.29, 0.717) is 11.8 Å². The van der Waals surface area contributed by atoms with E-state index < -0.39 is 0 Å². The van der Waals surface area contributed by atoms with E-state index in [1.165, 1.54) is 48.9 Å². The lowest BCUT2D eigenvalue weighted by molar-refractivity contribution is 0.440. The van der Waals surface area contributed by atoms with Crippen LogP contribution in [0.2, 0.25) is 0 Å². The zero-order chi connectivity index (χ0) is 17.3. The fourth-order valence-corrected chi connectivity index (χ4v) is 3.95. The first-order chi connectivity index (χ1) is 12.4. The maximum Gasteiger partial charge on any atom is 0.0372 e. The van der Waals surface area contributed by atoms with Crippen molar-refractivity contribution in [1.82, 2.24) is 0 Å². The second-order valence-electron chi connectivity index (χ2n) is 7.00. The molecule has 25 heavy (non-hydrogen) atoms. The van der Waals surface area contributed by atoms with E-state index in [1.54, 1.807) is 0 Å². The third-order valence-electron chi connectivity index (χ3n) is 5.35. The summed E-state index contributed by atoms with van der Waals surface area (Å²) < 4.78 is 0. The molecule has 0 amide bonds. The van der Waals surface area contributed by atoms with Gasteiger partial charge in [0.05, 0.1) is 0 Å². The third kappa shape index (κ3) is 4.92. The van der Waals surface area contributed by atoms with Crippen LogP contribution in [0.3, 0.4) is 0 Å². The minimum atomic E-state index is 0.406. The van der Waals surface area contributed by atoms with Crippen molar-refractivity contribution in [3.63, 3.8) is 0 Å². The van der Waals surface area contributed by atoms with Gasteiger partial charge in [0, 0.05) is 24.6 Å². The Bertz CT molecular complexity index is 639. The van der Waals surface area contributed by atoms with Crippen LogP contribution in [0.4, 0.5) is 0 Å². The molecule has 1 heteroatoms. The van der Waals surface area contributed by atoms with E-state index in [1.807, 2.05) is 7.05 Å². The molecule has 1 nitrogen and oxygen atoms in total. The predicted molar refractivity (Wildman–Crippen MR) is 108 cm³/mol. The molecule has 0 heterocycles. The largest absolute Gasteiger partial charge is 0.293 e. The van der Waals surface area contributed by atoms with Crippen molar-refractivity contribution < 1.29 is 0 Å². The average molecular weight is 332 g/mol. The number of hydrogen-bond donors (Lipinski definition) is 0. The lowest BCUT2D eigenvalue weighted by Gasteiger charge is -2.22. The maximum absolute atomic E-state index is 4.58. The second-order valence-corrected chi connectivity index (χ2v) is 7.00. The molecule has 1 fully saturated rings. The first kappa shape index (κ1) is 17.7. The highest BCUT2D eigenvalue weighted by Crippen LogP contribution is 2.29. The van der Waals surface area contributed by atoms with Crippen LogP contribution in [0.5, 0.6) is 0 Å². The van der Waals surface area contributed by atoms with E-state index in [9.17, 15) is 0 Å². The summed E-state index contributed by atoms with van der Waals surface area (Å²) in [5.41, 5.74) is 4.05. The van der Waals surface area contributed by atoms with Gasteiger partial charge in [-0.15, -0.1) is 0 Å². The Kier molecular flexibility index (Phi) is 6.62. The van der Waals surface area contributed by atoms with Crippen LogP contribution in [0.15, 0.2) is 77.8 Å². The molecule has 2 aromatic carbocycles. The summed E-state index contributed by atoms with van der Waals surface area (Å²) in [6.45, 7) is 0. The number of nitrogens with zero attached hydrogens (tertiary/aromatic N) is 1. The monoisotopic (exact) mass is 331 g/mol. The van der Waals surface area contributed by atoms with E-state index >= 15 is 0 Å². The summed E-state index contributed by atoms with van der Waals surface area (Å²) in [6.07, 6.45) is 12.3. The van der Waals surface area contributed by atoms with E-state index in [2.05, 4.69) is 77.8 Å². The lowest BCUT2D eigenvalue weighted by Crippen LogP contribution is -2.16. The molecule has 0 aliphatic heterocycles. The summed E-state index contributed by atoms with van der Waals surface area (Å²) in [6, 6.07) is 21.7. The minimum Gasteiger partial charge on any atom is -0.293 e. The summed E-state index contributed by atoms with van der Waals surface area (Å²) in [5, 5.41) is 0. The van der Waals surface area contributed by atoms with Crippen LogP contribution in [-0.4, -0.2) is 12.8 Å². The molecule has 2 aromatic rings. The van der Waals surface area contributed by atoms with Gasteiger partial charge < -0.3 is 0 Å². The standard InChI is InChI=1S/C24H29N/c1-25-24(22-16-9-4-10-17-22)19-11-18-23(20-12-5-2-6-13-20)21-14-7-3-8-15-21/h2-3,5-8,11-15,19,22-23H,4,9-10,16-18H2,1H3/b19-11-,25-24?. The molecule has 0 atom stereocenters. The summed E-state index contributed by atoms with van der Waals surface area (Å²) in [4.78, 5) is 4.58. The van der Waals surface area contributed by atoms with Gasteiger partial charge in [0.1, 0.15) is 0 Å². The highest BCUT2D eigenvalue weighted by molar-refractivity contribution is 5.96. The zero-order valence-electron chi connectivity index (χ0n) is 15.3. The van der Waals surface area contributed by atoms with Gasteiger partial charge in [-0.05, 0) is 36.5 Å². The normalized spacial score (nSPS) is 16.6. The van der Waals surface area contributed by atoms with Crippen molar-refractivity contribution in [3.8, 4) is 0 Å². The Morgan fingerprint density at radius 2 is 1.48 bits per heavy atom. The fraction of sp³-hybridized carbons (Fsp3) is 0.375. The maximum atomic E-state index is 4.58. The summed E-state index contributed by atoms with van der Waals surface area (Å²) in [7, 11) is 1.94. The lowest BCUT2D eigenvalue weighted by atomic mass is 9.84. The number of benzene rings is 2. The first-order valence-electron chi connectivity index (χ1n) is 9.61. The number of aliphatic imine (C=N–C) groups is 1. The van der Waals surface area contributed by atoms with Gasteiger partial charge in [0.2, 0.25) is 0 Å².